The number of hydrogen-bond donors (Lipinski definition) is 1. The fourth-order valence-electron chi connectivity index (χ4n) is 2.92. The number of piperazine rings is 1. The lowest BCUT2D eigenvalue weighted by Crippen LogP contribution is -2.54. The molecule has 2 rings (SSSR count). The summed E-state index contributed by atoms with van der Waals surface area (Å²) in [5.41, 5.74) is 0.554. The molecular formula is C13H27N3. The van der Waals surface area contributed by atoms with Crippen LogP contribution in [0, 0.1) is 5.41 Å². The van der Waals surface area contributed by atoms with Crippen molar-refractivity contribution in [3.05, 3.63) is 0 Å². The molecule has 16 heavy (non-hydrogen) atoms. The van der Waals surface area contributed by atoms with Crippen molar-refractivity contribution in [3.8, 4) is 0 Å². The number of likely N-dealkylation sites (tertiary alicyclic amines) is 1. The summed E-state index contributed by atoms with van der Waals surface area (Å²) in [4.78, 5) is 5.14. The Kier molecular flexibility index (Phi) is 3.88. The van der Waals surface area contributed by atoms with E-state index in [4.69, 9.17) is 0 Å². The molecule has 1 unspecified atom stereocenters. The molecule has 0 aromatic rings. The van der Waals surface area contributed by atoms with Crippen molar-refractivity contribution in [1.82, 2.24) is 15.1 Å². The number of nitrogens with one attached hydrogen (secondary N) is 1. The molecule has 3 nitrogen and oxygen atoms in total. The van der Waals surface area contributed by atoms with E-state index in [1.54, 1.807) is 0 Å². The van der Waals surface area contributed by atoms with E-state index in [1.165, 1.54) is 45.6 Å². The molecule has 1 atom stereocenters. The average molecular weight is 225 g/mol. The summed E-state index contributed by atoms with van der Waals surface area (Å²) < 4.78 is 0. The number of rotatable bonds is 2. The molecule has 0 aromatic carbocycles. The van der Waals surface area contributed by atoms with E-state index in [-0.39, 0.29) is 0 Å². The maximum absolute atomic E-state index is 3.47. The molecule has 2 aliphatic rings. The Morgan fingerprint density at radius 2 is 1.94 bits per heavy atom. The summed E-state index contributed by atoms with van der Waals surface area (Å²) in [6, 6.07) is 0.713. The quantitative estimate of drug-likeness (QED) is 0.757. The van der Waals surface area contributed by atoms with Crippen LogP contribution in [0.4, 0.5) is 0 Å². The minimum atomic E-state index is 0.554. The van der Waals surface area contributed by atoms with Crippen LogP contribution < -0.4 is 5.32 Å². The van der Waals surface area contributed by atoms with E-state index in [2.05, 4.69) is 36.0 Å². The van der Waals surface area contributed by atoms with E-state index < -0.39 is 0 Å². The van der Waals surface area contributed by atoms with Crippen LogP contribution >= 0.6 is 0 Å². The zero-order valence-corrected chi connectivity index (χ0v) is 11.1. The molecule has 94 valence electrons. The third-order valence-corrected chi connectivity index (χ3v) is 4.42. The highest BCUT2D eigenvalue weighted by molar-refractivity contribution is 4.87. The lowest BCUT2D eigenvalue weighted by Gasteiger charge is -2.44. The Labute approximate surface area is 100 Å². The molecule has 0 aliphatic carbocycles. The van der Waals surface area contributed by atoms with Crippen molar-refractivity contribution >= 4 is 0 Å². The van der Waals surface area contributed by atoms with Gasteiger partial charge in [-0.3, -0.25) is 4.90 Å². The Balaban J connectivity index is 1.87. The molecule has 2 saturated heterocycles. The van der Waals surface area contributed by atoms with Crippen molar-refractivity contribution in [2.45, 2.75) is 32.7 Å². The number of hydrogen-bond acceptors (Lipinski definition) is 3. The van der Waals surface area contributed by atoms with Crippen LogP contribution in [0.25, 0.3) is 0 Å². The monoisotopic (exact) mass is 225 g/mol. The van der Waals surface area contributed by atoms with Crippen LogP contribution in [-0.4, -0.2) is 62.2 Å². The predicted octanol–water partition coefficient (Wildman–Crippen LogP) is 1.01. The van der Waals surface area contributed by atoms with Gasteiger partial charge in [-0.05, 0) is 45.3 Å². The lowest BCUT2D eigenvalue weighted by molar-refractivity contribution is 0.0588. The maximum Gasteiger partial charge on any atom is 0.0193 e. The first kappa shape index (κ1) is 12.3. The maximum atomic E-state index is 3.47. The topological polar surface area (TPSA) is 18.5 Å². The number of piperidine rings is 1. The third-order valence-electron chi connectivity index (χ3n) is 4.42. The van der Waals surface area contributed by atoms with Gasteiger partial charge in [-0.1, -0.05) is 6.92 Å². The average Bonchev–Trinajstić information content (AvgIpc) is 2.27. The van der Waals surface area contributed by atoms with Gasteiger partial charge in [-0.2, -0.15) is 0 Å². The van der Waals surface area contributed by atoms with Gasteiger partial charge < -0.3 is 10.2 Å². The molecule has 0 spiro atoms. The molecule has 1 N–H and O–H groups in total. The molecule has 2 heterocycles. The van der Waals surface area contributed by atoms with Gasteiger partial charge in [0.15, 0.2) is 0 Å². The fourth-order valence-corrected chi connectivity index (χ4v) is 2.92. The first-order valence-electron chi connectivity index (χ1n) is 6.72. The summed E-state index contributed by atoms with van der Waals surface area (Å²) in [6.07, 6.45) is 2.72. The molecule has 0 bridgehead atoms. The third kappa shape index (κ3) is 2.96. The Morgan fingerprint density at radius 1 is 1.25 bits per heavy atom. The lowest BCUT2D eigenvalue weighted by atomic mass is 9.79. The van der Waals surface area contributed by atoms with Crippen LogP contribution in [0.5, 0.6) is 0 Å². The Hall–Kier alpha value is -0.120. The molecular weight excluding hydrogens is 198 g/mol. The SMILES string of the molecule is CC1CNCCN1CC1(C)CCN(C)CC1. The van der Waals surface area contributed by atoms with E-state index in [0.717, 1.165) is 6.54 Å². The van der Waals surface area contributed by atoms with Crippen LogP contribution in [-0.2, 0) is 0 Å². The predicted molar refractivity (Wildman–Crippen MR) is 68.7 cm³/mol. The summed E-state index contributed by atoms with van der Waals surface area (Å²) in [5.74, 6) is 0. The summed E-state index contributed by atoms with van der Waals surface area (Å²) in [5, 5.41) is 3.47. The first-order valence-corrected chi connectivity index (χ1v) is 6.72. The smallest absolute Gasteiger partial charge is 0.0193 e. The van der Waals surface area contributed by atoms with Crippen molar-refractivity contribution in [1.29, 1.82) is 0 Å². The fraction of sp³-hybridized carbons (Fsp3) is 1.00. The molecule has 0 aromatic heterocycles. The summed E-state index contributed by atoms with van der Waals surface area (Å²) in [6.45, 7) is 12.2. The van der Waals surface area contributed by atoms with Gasteiger partial charge in [0.1, 0.15) is 0 Å². The highest BCUT2D eigenvalue weighted by Crippen LogP contribution is 2.31. The number of nitrogens with zero attached hydrogens (tertiary/aromatic N) is 2. The normalized spacial score (nSPS) is 32.8. The first-order chi connectivity index (χ1) is 7.59. The molecule has 0 amide bonds. The minimum absolute atomic E-state index is 0.554. The highest BCUT2D eigenvalue weighted by Gasteiger charge is 2.32. The van der Waals surface area contributed by atoms with Crippen molar-refractivity contribution < 1.29 is 0 Å². The van der Waals surface area contributed by atoms with E-state index in [0.29, 0.717) is 11.5 Å². The van der Waals surface area contributed by atoms with Crippen molar-refractivity contribution in [3.63, 3.8) is 0 Å². The zero-order valence-electron chi connectivity index (χ0n) is 11.1. The second-order valence-corrected chi connectivity index (χ2v) is 6.14. The van der Waals surface area contributed by atoms with Gasteiger partial charge in [0.25, 0.3) is 0 Å². The zero-order chi connectivity index (χ0) is 11.6. The highest BCUT2D eigenvalue weighted by atomic mass is 15.2. The summed E-state index contributed by atoms with van der Waals surface area (Å²) >= 11 is 0. The van der Waals surface area contributed by atoms with Crippen LogP contribution in [0.3, 0.4) is 0 Å². The van der Waals surface area contributed by atoms with Crippen molar-refractivity contribution in [2.24, 2.45) is 5.41 Å². The van der Waals surface area contributed by atoms with Crippen molar-refractivity contribution in [2.75, 3.05) is 46.3 Å². The molecule has 3 heteroatoms. The molecule has 0 saturated carbocycles. The second-order valence-electron chi connectivity index (χ2n) is 6.14. The Bertz CT molecular complexity index is 221. The van der Waals surface area contributed by atoms with Gasteiger partial charge in [0.2, 0.25) is 0 Å². The summed E-state index contributed by atoms with van der Waals surface area (Å²) in [7, 11) is 2.24. The van der Waals surface area contributed by atoms with Crippen LogP contribution in [0.2, 0.25) is 0 Å². The molecule has 2 fully saturated rings. The largest absolute Gasteiger partial charge is 0.314 e. The van der Waals surface area contributed by atoms with E-state index in [1.807, 2.05) is 0 Å². The van der Waals surface area contributed by atoms with Gasteiger partial charge in [-0.15, -0.1) is 0 Å². The molecule has 0 radical (unpaired) electrons. The standard InChI is InChI=1S/C13H27N3/c1-12-10-14-6-9-16(12)11-13(2)4-7-15(3)8-5-13/h12,14H,4-11H2,1-3H3. The van der Waals surface area contributed by atoms with E-state index in [9.17, 15) is 0 Å². The van der Waals surface area contributed by atoms with Gasteiger partial charge in [0.05, 0.1) is 0 Å². The van der Waals surface area contributed by atoms with Gasteiger partial charge >= 0.3 is 0 Å². The van der Waals surface area contributed by atoms with E-state index >= 15 is 0 Å². The second kappa shape index (κ2) is 5.03. The van der Waals surface area contributed by atoms with Crippen LogP contribution in [0.1, 0.15) is 26.7 Å². The van der Waals surface area contributed by atoms with Crippen LogP contribution in [0.15, 0.2) is 0 Å². The van der Waals surface area contributed by atoms with Gasteiger partial charge in [0, 0.05) is 32.2 Å². The minimum Gasteiger partial charge on any atom is -0.314 e. The molecule has 2 aliphatic heterocycles. The Morgan fingerprint density at radius 3 is 2.56 bits per heavy atom. The van der Waals surface area contributed by atoms with Gasteiger partial charge in [-0.25, -0.2) is 0 Å².